The van der Waals surface area contributed by atoms with Crippen LogP contribution in [0, 0.1) is 5.92 Å². The number of aromatic nitrogens is 3. The van der Waals surface area contributed by atoms with Gasteiger partial charge in [-0.25, -0.2) is 9.48 Å². The van der Waals surface area contributed by atoms with Crippen molar-refractivity contribution >= 4 is 35.9 Å². The molecule has 0 bridgehead atoms. The number of esters is 4. The van der Waals surface area contributed by atoms with Gasteiger partial charge in [0, 0.05) is 27.7 Å². The van der Waals surface area contributed by atoms with Crippen LogP contribution in [-0.4, -0.2) is 93.5 Å². The largest absolute Gasteiger partial charge is 0.463 e. The third kappa shape index (κ3) is 11.1. The third-order valence-electron chi connectivity index (χ3n) is 5.85. The zero-order chi connectivity index (χ0) is 33.4. The van der Waals surface area contributed by atoms with E-state index < -0.39 is 84.8 Å². The highest BCUT2D eigenvalue weighted by molar-refractivity contribution is 5.85. The Kier molecular flexibility index (Phi) is 12.6. The lowest BCUT2D eigenvalue weighted by Gasteiger charge is -2.44. The lowest BCUT2D eigenvalue weighted by molar-refractivity contribution is -0.270. The molecule has 1 saturated heterocycles. The van der Waals surface area contributed by atoms with Crippen LogP contribution in [0.1, 0.15) is 74.2 Å². The van der Waals surface area contributed by atoms with Crippen molar-refractivity contribution in [1.29, 1.82) is 0 Å². The first-order valence-corrected chi connectivity index (χ1v) is 13.9. The summed E-state index contributed by atoms with van der Waals surface area (Å²) in [5, 5.41) is 13.3. The van der Waals surface area contributed by atoms with Crippen molar-refractivity contribution in [3.63, 3.8) is 0 Å². The van der Waals surface area contributed by atoms with Gasteiger partial charge in [0.2, 0.25) is 5.91 Å². The van der Waals surface area contributed by atoms with Crippen molar-refractivity contribution in [3.05, 3.63) is 11.9 Å². The predicted molar refractivity (Wildman–Crippen MR) is 147 cm³/mol. The Morgan fingerprint density at radius 3 is 2.00 bits per heavy atom. The number of nitrogens with zero attached hydrogens (tertiary/aromatic N) is 3. The fourth-order valence-corrected chi connectivity index (χ4v) is 4.19. The molecule has 0 radical (unpaired) electrons. The minimum absolute atomic E-state index is 0.122. The van der Waals surface area contributed by atoms with Gasteiger partial charge in [-0.2, -0.15) is 0 Å². The van der Waals surface area contributed by atoms with E-state index in [-0.39, 0.29) is 18.2 Å². The second-order valence-electron chi connectivity index (χ2n) is 11.4. The third-order valence-corrected chi connectivity index (χ3v) is 5.85. The zero-order valence-electron chi connectivity index (χ0n) is 26.3. The summed E-state index contributed by atoms with van der Waals surface area (Å²) in [6.45, 7) is 12.6. The quantitative estimate of drug-likeness (QED) is 0.255. The summed E-state index contributed by atoms with van der Waals surface area (Å²) in [6, 6.07) is -0.917. The van der Waals surface area contributed by atoms with Gasteiger partial charge >= 0.3 is 30.0 Å². The van der Waals surface area contributed by atoms with Gasteiger partial charge in [-0.05, 0) is 26.7 Å². The van der Waals surface area contributed by atoms with Crippen LogP contribution < -0.4 is 10.6 Å². The number of rotatable bonds is 11. The molecule has 2 heterocycles. The molecule has 1 fully saturated rings. The Labute approximate surface area is 254 Å². The zero-order valence-corrected chi connectivity index (χ0v) is 26.3. The Morgan fingerprint density at radius 1 is 0.909 bits per heavy atom. The molecule has 2 rings (SSSR count). The average Bonchev–Trinajstić information content (AvgIpc) is 3.34. The monoisotopic (exact) mass is 627 g/mol. The lowest BCUT2D eigenvalue weighted by atomic mass is 9.97. The summed E-state index contributed by atoms with van der Waals surface area (Å²) in [7, 11) is 0. The van der Waals surface area contributed by atoms with Gasteiger partial charge in [0.25, 0.3) is 0 Å². The normalized spacial score (nSPS) is 22.3. The molecule has 17 heteroatoms. The minimum atomic E-state index is -1.39. The summed E-state index contributed by atoms with van der Waals surface area (Å²) in [5.41, 5.74) is -0.513. The van der Waals surface area contributed by atoms with Crippen LogP contribution in [0.15, 0.2) is 6.20 Å². The van der Waals surface area contributed by atoms with Crippen LogP contribution in [0.4, 0.5) is 4.79 Å². The Balaban J connectivity index is 2.32. The number of carbonyl (C=O) groups is 6. The smallest absolute Gasteiger partial charge is 0.408 e. The molecule has 1 aliphatic heterocycles. The number of nitrogens with one attached hydrogen (secondary N) is 2. The van der Waals surface area contributed by atoms with E-state index in [0.29, 0.717) is 0 Å². The van der Waals surface area contributed by atoms with Gasteiger partial charge in [0.15, 0.2) is 24.5 Å². The summed E-state index contributed by atoms with van der Waals surface area (Å²) in [6.07, 6.45) is -5.95. The van der Waals surface area contributed by atoms with Gasteiger partial charge in [0.05, 0.1) is 12.7 Å². The van der Waals surface area contributed by atoms with Gasteiger partial charge in [-0.15, -0.1) is 5.10 Å². The van der Waals surface area contributed by atoms with Crippen molar-refractivity contribution in [2.45, 2.75) is 111 Å². The standard InChI is InChI=1S/C27H41N5O12/c1-13(2)20(29-26(38)44-27(7,8)9)24(37)28-10-18-11-32(31-30-18)25-23(42-17(6)36)22(41-16(5)35)21(40-15(4)34)19(43-25)12-39-14(3)33/h11,13,19-23,25H,10,12H2,1-9H3,(H,28,37)(H,29,38)/t19-,20+,21-,22+,23-,25-/m1/s1. The van der Waals surface area contributed by atoms with Crippen LogP contribution in [-0.2, 0) is 58.9 Å². The number of amides is 2. The maximum absolute atomic E-state index is 12.9. The highest BCUT2D eigenvalue weighted by Crippen LogP contribution is 2.34. The summed E-state index contributed by atoms with van der Waals surface area (Å²) >= 11 is 0. The van der Waals surface area contributed by atoms with E-state index in [9.17, 15) is 28.8 Å². The number of ether oxygens (including phenoxy) is 6. The van der Waals surface area contributed by atoms with Crippen molar-refractivity contribution in [2.24, 2.45) is 5.92 Å². The molecule has 1 aromatic rings. The second kappa shape index (κ2) is 15.4. The van der Waals surface area contributed by atoms with Gasteiger partial charge < -0.3 is 39.1 Å². The van der Waals surface area contributed by atoms with E-state index in [1.807, 2.05) is 0 Å². The molecule has 1 aromatic heterocycles. The van der Waals surface area contributed by atoms with Crippen molar-refractivity contribution < 1.29 is 57.2 Å². The first kappa shape index (κ1) is 35.9. The number of hydrogen-bond donors (Lipinski definition) is 2. The first-order chi connectivity index (χ1) is 20.4. The summed E-state index contributed by atoms with van der Waals surface area (Å²) in [4.78, 5) is 72.8. The molecule has 44 heavy (non-hydrogen) atoms. The number of carbonyl (C=O) groups excluding carboxylic acids is 6. The molecule has 2 N–H and O–H groups in total. The van der Waals surface area contributed by atoms with Gasteiger partial charge in [0.1, 0.15) is 30.0 Å². The van der Waals surface area contributed by atoms with Crippen molar-refractivity contribution in [2.75, 3.05) is 6.61 Å². The van der Waals surface area contributed by atoms with Gasteiger partial charge in [-0.1, -0.05) is 19.1 Å². The van der Waals surface area contributed by atoms with E-state index in [0.717, 1.165) is 32.4 Å². The molecule has 246 valence electrons. The van der Waals surface area contributed by atoms with Crippen molar-refractivity contribution in [3.8, 4) is 0 Å². The molecule has 0 saturated carbocycles. The fourth-order valence-electron chi connectivity index (χ4n) is 4.19. The van der Waals surface area contributed by atoms with E-state index in [2.05, 4.69) is 20.9 Å². The van der Waals surface area contributed by atoms with Crippen LogP contribution in [0.3, 0.4) is 0 Å². The molecule has 6 atom stereocenters. The minimum Gasteiger partial charge on any atom is -0.463 e. The fraction of sp³-hybridized carbons (Fsp3) is 0.704. The highest BCUT2D eigenvalue weighted by atomic mass is 16.7. The van der Waals surface area contributed by atoms with E-state index >= 15 is 0 Å². The second-order valence-corrected chi connectivity index (χ2v) is 11.4. The Morgan fingerprint density at radius 2 is 1.48 bits per heavy atom. The van der Waals surface area contributed by atoms with Crippen molar-refractivity contribution in [1.82, 2.24) is 25.6 Å². The maximum Gasteiger partial charge on any atom is 0.408 e. The molecule has 17 nitrogen and oxygen atoms in total. The molecule has 0 aromatic carbocycles. The molecule has 1 aliphatic rings. The molecular formula is C27H41N5O12. The Hall–Kier alpha value is -4.28. The van der Waals surface area contributed by atoms with E-state index in [1.165, 1.54) is 6.20 Å². The first-order valence-electron chi connectivity index (χ1n) is 13.9. The lowest BCUT2D eigenvalue weighted by Crippen LogP contribution is -2.60. The predicted octanol–water partition coefficient (Wildman–Crippen LogP) is 0.699. The number of hydrogen-bond acceptors (Lipinski definition) is 14. The molecule has 2 amide bonds. The van der Waals surface area contributed by atoms with Gasteiger partial charge in [-0.3, -0.25) is 24.0 Å². The van der Waals surface area contributed by atoms with Crippen LogP contribution >= 0.6 is 0 Å². The molecule has 0 aliphatic carbocycles. The molecule has 0 spiro atoms. The molecule has 0 unspecified atom stereocenters. The summed E-state index contributed by atoms with van der Waals surface area (Å²) in [5.74, 6) is -3.76. The topological polar surface area (TPSA) is 213 Å². The van der Waals surface area contributed by atoms with Crippen LogP contribution in [0.5, 0.6) is 0 Å². The molecular weight excluding hydrogens is 586 g/mol. The highest BCUT2D eigenvalue weighted by Gasteiger charge is 2.53. The summed E-state index contributed by atoms with van der Waals surface area (Å²) < 4.78 is 33.8. The average molecular weight is 628 g/mol. The number of alkyl carbamates (subject to hydrolysis) is 1. The Bertz CT molecular complexity index is 1210. The van der Waals surface area contributed by atoms with E-state index in [1.54, 1.807) is 34.6 Å². The van der Waals surface area contributed by atoms with Crippen LogP contribution in [0.25, 0.3) is 0 Å². The SMILES string of the molecule is CC(=O)OC[C@H]1O[C@@H](n2cc(CNC(=O)[C@@H](NC(=O)OC(C)(C)C)C(C)C)nn2)[C@H](OC(C)=O)[C@@H](OC(C)=O)[C@@H]1OC(C)=O. The maximum atomic E-state index is 12.9. The van der Waals surface area contributed by atoms with Crippen LogP contribution in [0.2, 0.25) is 0 Å². The van der Waals surface area contributed by atoms with E-state index in [4.69, 9.17) is 28.4 Å².